The molecule has 19 heavy (non-hydrogen) atoms. The molecule has 0 saturated carbocycles. The molecule has 0 aliphatic carbocycles. The van der Waals surface area contributed by atoms with Crippen LogP contribution in [0, 0.1) is 5.92 Å². The summed E-state index contributed by atoms with van der Waals surface area (Å²) in [6, 6.07) is 0.463. The molecule has 5 heteroatoms. The minimum atomic E-state index is 0.463. The molecule has 0 bridgehead atoms. The van der Waals surface area contributed by atoms with Crippen LogP contribution in [0.15, 0.2) is 4.47 Å². The Hall–Kier alpha value is -0.390. The van der Waals surface area contributed by atoms with Crippen molar-refractivity contribution in [3.8, 4) is 0 Å². The third-order valence-corrected chi connectivity index (χ3v) is 4.93. The van der Waals surface area contributed by atoms with Crippen LogP contribution in [-0.4, -0.2) is 36.1 Å². The number of hydrogen-bond donors (Lipinski definition) is 1. The lowest BCUT2D eigenvalue weighted by molar-refractivity contribution is 0.177. The highest BCUT2D eigenvalue weighted by Crippen LogP contribution is 2.26. The number of likely N-dealkylation sites (N-methyl/N-ethyl adjacent to an activating group) is 1. The lowest BCUT2D eigenvalue weighted by Crippen LogP contribution is -2.36. The van der Waals surface area contributed by atoms with Crippen LogP contribution in [0.4, 0.5) is 0 Å². The molecule has 2 unspecified atom stereocenters. The average molecular weight is 330 g/mol. The van der Waals surface area contributed by atoms with E-state index < -0.39 is 0 Å². The second-order valence-electron chi connectivity index (χ2n) is 5.10. The molecule has 2 atom stereocenters. The van der Waals surface area contributed by atoms with Gasteiger partial charge in [0, 0.05) is 31.5 Å². The van der Waals surface area contributed by atoms with Crippen LogP contribution < -0.4 is 5.32 Å². The fraction of sp³-hybridized carbons (Fsp3) is 0.786. The summed E-state index contributed by atoms with van der Waals surface area (Å²) in [7, 11) is 2.05. The van der Waals surface area contributed by atoms with Gasteiger partial charge in [0.1, 0.15) is 0 Å². The van der Waals surface area contributed by atoms with Crippen LogP contribution in [0.2, 0.25) is 0 Å². The first-order valence-corrected chi connectivity index (χ1v) is 7.99. The number of aromatic nitrogens is 2. The van der Waals surface area contributed by atoms with E-state index in [2.05, 4.69) is 44.9 Å². The molecule has 1 aromatic heterocycles. The molecule has 1 fully saturated rings. The maximum atomic E-state index is 5.52. The molecule has 0 amide bonds. The summed E-state index contributed by atoms with van der Waals surface area (Å²) in [5.41, 5.74) is 2.47. The third-order valence-electron chi connectivity index (χ3n) is 4.01. The molecular weight excluding hydrogens is 306 g/mol. The van der Waals surface area contributed by atoms with Gasteiger partial charge in [-0.25, -0.2) is 0 Å². The second-order valence-corrected chi connectivity index (χ2v) is 5.89. The number of nitrogens with zero attached hydrogens (tertiary/aromatic N) is 2. The fourth-order valence-electron chi connectivity index (χ4n) is 2.80. The second kappa shape index (κ2) is 6.86. The molecule has 108 valence electrons. The van der Waals surface area contributed by atoms with E-state index in [1.165, 1.54) is 10.2 Å². The van der Waals surface area contributed by atoms with Crippen molar-refractivity contribution in [3.05, 3.63) is 15.9 Å². The van der Waals surface area contributed by atoms with Crippen LogP contribution in [0.3, 0.4) is 0 Å². The van der Waals surface area contributed by atoms with Gasteiger partial charge in [-0.15, -0.1) is 0 Å². The Balaban J connectivity index is 2.18. The summed E-state index contributed by atoms with van der Waals surface area (Å²) in [5.74, 6) is 0.613. The highest BCUT2D eigenvalue weighted by Gasteiger charge is 2.27. The lowest BCUT2D eigenvalue weighted by Gasteiger charge is -2.22. The van der Waals surface area contributed by atoms with Gasteiger partial charge >= 0.3 is 0 Å². The van der Waals surface area contributed by atoms with Crippen molar-refractivity contribution in [3.63, 3.8) is 0 Å². The van der Waals surface area contributed by atoms with Gasteiger partial charge in [-0.2, -0.15) is 5.10 Å². The normalized spacial score (nSPS) is 20.9. The van der Waals surface area contributed by atoms with Crippen LogP contribution in [0.1, 0.15) is 31.7 Å². The van der Waals surface area contributed by atoms with Crippen molar-refractivity contribution in [2.45, 2.75) is 45.7 Å². The summed E-state index contributed by atoms with van der Waals surface area (Å²) >= 11 is 3.73. The van der Waals surface area contributed by atoms with E-state index in [1.807, 2.05) is 7.05 Å². The molecule has 4 nitrogen and oxygen atoms in total. The topological polar surface area (TPSA) is 39.1 Å². The molecule has 1 saturated heterocycles. The molecule has 2 rings (SSSR count). The minimum Gasteiger partial charge on any atom is -0.381 e. The minimum absolute atomic E-state index is 0.463. The van der Waals surface area contributed by atoms with Gasteiger partial charge in [0.15, 0.2) is 0 Å². The Bertz CT molecular complexity index is 413. The van der Waals surface area contributed by atoms with Gasteiger partial charge in [0.05, 0.1) is 22.5 Å². The lowest BCUT2D eigenvalue weighted by atomic mass is 9.95. The van der Waals surface area contributed by atoms with E-state index in [-0.39, 0.29) is 0 Å². The zero-order valence-corrected chi connectivity index (χ0v) is 13.7. The molecule has 0 spiro atoms. The van der Waals surface area contributed by atoms with E-state index in [0.29, 0.717) is 12.0 Å². The van der Waals surface area contributed by atoms with Crippen molar-refractivity contribution in [2.75, 3.05) is 20.3 Å². The predicted molar refractivity (Wildman–Crippen MR) is 80.5 cm³/mol. The van der Waals surface area contributed by atoms with E-state index in [0.717, 1.165) is 44.7 Å². The maximum absolute atomic E-state index is 5.52. The smallest absolute Gasteiger partial charge is 0.0766 e. The number of nitrogens with one attached hydrogen (secondary N) is 1. The number of hydrogen-bond acceptors (Lipinski definition) is 3. The molecule has 2 heterocycles. The quantitative estimate of drug-likeness (QED) is 0.871. The van der Waals surface area contributed by atoms with E-state index in [4.69, 9.17) is 4.74 Å². The van der Waals surface area contributed by atoms with Crippen LogP contribution in [0.25, 0.3) is 0 Å². The van der Waals surface area contributed by atoms with Crippen molar-refractivity contribution in [1.29, 1.82) is 0 Å². The molecular formula is C14H24BrN3O. The van der Waals surface area contributed by atoms with Crippen LogP contribution in [0.5, 0.6) is 0 Å². The zero-order chi connectivity index (χ0) is 13.8. The summed E-state index contributed by atoms with van der Waals surface area (Å²) in [6.45, 7) is 7.00. The van der Waals surface area contributed by atoms with Crippen molar-refractivity contribution in [1.82, 2.24) is 15.1 Å². The molecule has 0 radical (unpaired) electrons. The predicted octanol–water partition coefficient (Wildman–Crippen LogP) is 2.39. The van der Waals surface area contributed by atoms with Crippen molar-refractivity contribution < 1.29 is 4.74 Å². The monoisotopic (exact) mass is 329 g/mol. The van der Waals surface area contributed by atoms with Crippen LogP contribution >= 0.6 is 15.9 Å². The zero-order valence-electron chi connectivity index (χ0n) is 12.1. The highest BCUT2D eigenvalue weighted by atomic mass is 79.9. The Labute approximate surface area is 124 Å². The first-order chi connectivity index (χ1) is 9.21. The number of ether oxygens (including phenoxy) is 1. The van der Waals surface area contributed by atoms with Crippen molar-refractivity contribution in [2.24, 2.45) is 5.92 Å². The Morgan fingerprint density at radius 3 is 2.84 bits per heavy atom. The Morgan fingerprint density at radius 2 is 2.32 bits per heavy atom. The summed E-state index contributed by atoms with van der Waals surface area (Å²) in [5, 5.41) is 8.13. The van der Waals surface area contributed by atoms with E-state index >= 15 is 0 Å². The molecule has 1 N–H and O–H groups in total. The average Bonchev–Trinajstić information content (AvgIpc) is 3.04. The largest absolute Gasteiger partial charge is 0.381 e. The Morgan fingerprint density at radius 1 is 1.53 bits per heavy atom. The number of aryl methyl sites for hydroxylation is 2. The highest BCUT2D eigenvalue weighted by molar-refractivity contribution is 9.10. The van der Waals surface area contributed by atoms with Gasteiger partial charge in [-0.05, 0) is 42.7 Å². The summed E-state index contributed by atoms with van der Waals surface area (Å²) in [6.07, 6.45) is 3.13. The maximum Gasteiger partial charge on any atom is 0.0766 e. The molecule has 1 aliphatic rings. The fourth-order valence-corrected chi connectivity index (χ4v) is 3.52. The number of rotatable bonds is 6. The SMILES string of the molecule is CCc1nn(CC)c(CC(NC)C2CCOC2)c1Br. The van der Waals surface area contributed by atoms with E-state index in [9.17, 15) is 0 Å². The van der Waals surface area contributed by atoms with Gasteiger partial charge in [0.2, 0.25) is 0 Å². The summed E-state index contributed by atoms with van der Waals surface area (Å²) < 4.78 is 8.84. The molecule has 1 aliphatic heterocycles. The van der Waals surface area contributed by atoms with Crippen molar-refractivity contribution >= 4 is 15.9 Å². The van der Waals surface area contributed by atoms with Gasteiger partial charge in [-0.3, -0.25) is 4.68 Å². The third kappa shape index (κ3) is 3.20. The van der Waals surface area contributed by atoms with E-state index in [1.54, 1.807) is 0 Å². The first kappa shape index (κ1) is 15.0. The summed E-state index contributed by atoms with van der Waals surface area (Å²) in [4.78, 5) is 0. The Kier molecular flexibility index (Phi) is 5.42. The van der Waals surface area contributed by atoms with Gasteiger partial charge < -0.3 is 10.1 Å². The van der Waals surface area contributed by atoms with Crippen LogP contribution in [-0.2, 0) is 24.1 Å². The van der Waals surface area contributed by atoms with Gasteiger partial charge in [0.25, 0.3) is 0 Å². The molecule has 0 aromatic carbocycles. The first-order valence-electron chi connectivity index (χ1n) is 7.20. The standard InChI is InChI=1S/C14H24BrN3O/c1-4-11-14(15)13(18(5-2)17-11)8-12(16-3)10-6-7-19-9-10/h10,12,16H,4-9H2,1-3H3. The number of halogens is 1. The van der Waals surface area contributed by atoms with Gasteiger partial charge in [-0.1, -0.05) is 6.92 Å². The molecule has 1 aromatic rings.